The van der Waals surface area contributed by atoms with E-state index in [9.17, 15) is 9.90 Å². The first-order valence-corrected chi connectivity index (χ1v) is 6.38. The van der Waals surface area contributed by atoms with Gasteiger partial charge >= 0.3 is 5.97 Å². The van der Waals surface area contributed by atoms with Gasteiger partial charge in [-0.3, -0.25) is 4.79 Å². The van der Waals surface area contributed by atoms with E-state index in [1.807, 2.05) is 31.2 Å². The van der Waals surface area contributed by atoms with E-state index in [0.29, 0.717) is 5.41 Å². The molecule has 0 saturated heterocycles. The second-order valence-electron chi connectivity index (χ2n) is 5.91. The van der Waals surface area contributed by atoms with Crippen LogP contribution in [0.5, 0.6) is 0 Å². The lowest BCUT2D eigenvalue weighted by Gasteiger charge is -2.59. The number of hydrogen-bond donors (Lipinski definition) is 1. The summed E-state index contributed by atoms with van der Waals surface area (Å²) in [5.74, 6) is -0.635. The molecule has 0 heterocycles. The minimum absolute atomic E-state index is 0.376. The Labute approximate surface area is 102 Å². The highest BCUT2D eigenvalue weighted by Gasteiger charge is 2.61. The largest absolute Gasteiger partial charge is 0.481 e. The Balaban J connectivity index is 1.97. The van der Waals surface area contributed by atoms with E-state index >= 15 is 0 Å². The Hall–Kier alpha value is -1.31. The standard InChI is InChI=1S/C15H18O2/c1-11-5-2-3-6-12(11)15(13(16)17)9-14(10-15)7-4-8-14/h2-3,5-6H,4,7-10H2,1H3,(H,16,17). The van der Waals surface area contributed by atoms with Gasteiger partial charge in [-0.05, 0) is 49.1 Å². The Bertz CT molecular complexity index is 464. The number of carboxylic acids is 1. The lowest BCUT2D eigenvalue weighted by Crippen LogP contribution is -2.57. The zero-order valence-corrected chi connectivity index (χ0v) is 10.2. The van der Waals surface area contributed by atoms with E-state index in [0.717, 1.165) is 24.0 Å². The highest BCUT2D eigenvalue weighted by Crippen LogP contribution is 2.65. The Morgan fingerprint density at radius 3 is 2.35 bits per heavy atom. The number of aliphatic carboxylic acids is 1. The molecule has 2 aliphatic rings. The average molecular weight is 230 g/mol. The van der Waals surface area contributed by atoms with Crippen LogP contribution < -0.4 is 0 Å². The lowest BCUT2D eigenvalue weighted by atomic mass is 9.43. The van der Waals surface area contributed by atoms with E-state index in [1.165, 1.54) is 19.3 Å². The first-order chi connectivity index (χ1) is 8.08. The molecular formula is C15H18O2. The number of aryl methyl sites for hydroxylation is 1. The molecule has 2 fully saturated rings. The minimum atomic E-state index is -0.635. The van der Waals surface area contributed by atoms with Gasteiger partial charge in [0.2, 0.25) is 0 Å². The number of rotatable bonds is 2. The van der Waals surface area contributed by atoms with Crippen LogP contribution in [0.25, 0.3) is 0 Å². The van der Waals surface area contributed by atoms with Crippen molar-refractivity contribution in [1.82, 2.24) is 0 Å². The maximum Gasteiger partial charge on any atom is 0.314 e. The third kappa shape index (κ3) is 1.36. The fourth-order valence-electron chi connectivity index (χ4n) is 3.83. The molecule has 0 aliphatic heterocycles. The molecule has 2 nitrogen and oxygen atoms in total. The lowest BCUT2D eigenvalue weighted by molar-refractivity contribution is -0.160. The molecule has 0 atom stereocenters. The summed E-state index contributed by atoms with van der Waals surface area (Å²) < 4.78 is 0. The topological polar surface area (TPSA) is 37.3 Å². The molecule has 90 valence electrons. The molecule has 3 rings (SSSR count). The first kappa shape index (κ1) is 10.8. The predicted octanol–water partition coefficient (Wildman–Crippen LogP) is 3.28. The SMILES string of the molecule is Cc1ccccc1C1(C(=O)O)CC2(CCC2)C1. The van der Waals surface area contributed by atoms with Gasteiger partial charge in [-0.1, -0.05) is 30.7 Å². The van der Waals surface area contributed by atoms with Crippen LogP contribution in [-0.2, 0) is 10.2 Å². The van der Waals surface area contributed by atoms with Crippen molar-refractivity contribution in [3.05, 3.63) is 35.4 Å². The van der Waals surface area contributed by atoms with Crippen LogP contribution in [0.3, 0.4) is 0 Å². The minimum Gasteiger partial charge on any atom is -0.481 e. The zero-order valence-electron chi connectivity index (χ0n) is 10.2. The maximum absolute atomic E-state index is 11.7. The number of carbonyl (C=O) groups is 1. The van der Waals surface area contributed by atoms with Gasteiger partial charge in [0.15, 0.2) is 0 Å². The van der Waals surface area contributed by atoms with Gasteiger partial charge in [-0.25, -0.2) is 0 Å². The van der Waals surface area contributed by atoms with Crippen molar-refractivity contribution in [1.29, 1.82) is 0 Å². The number of benzene rings is 1. The van der Waals surface area contributed by atoms with E-state index in [1.54, 1.807) is 0 Å². The van der Waals surface area contributed by atoms with Crippen LogP contribution in [-0.4, -0.2) is 11.1 Å². The van der Waals surface area contributed by atoms with Gasteiger partial charge in [-0.15, -0.1) is 0 Å². The molecule has 0 amide bonds. The van der Waals surface area contributed by atoms with Gasteiger partial charge < -0.3 is 5.11 Å². The molecule has 0 unspecified atom stereocenters. The summed E-state index contributed by atoms with van der Waals surface area (Å²) in [6.07, 6.45) is 5.44. The first-order valence-electron chi connectivity index (χ1n) is 6.38. The summed E-state index contributed by atoms with van der Waals surface area (Å²) in [5, 5.41) is 9.61. The average Bonchev–Trinajstić information content (AvgIpc) is 2.16. The molecule has 0 aromatic heterocycles. The van der Waals surface area contributed by atoms with Crippen LogP contribution in [0.4, 0.5) is 0 Å². The molecular weight excluding hydrogens is 212 g/mol. The smallest absolute Gasteiger partial charge is 0.314 e. The van der Waals surface area contributed by atoms with E-state index < -0.39 is 11.4 Å². The van der Waals surface area contributed by atoms with Crippen molar-refractivity contribution >= 4 is 5.97 Å². The van der Waals surface area contributed by atoms with Gasteiger partial charge in [0.1, 0.15) is 0 Å². The summed E-state index contributed by atoms with van der Waals surface area (Å²) in [6.45, 7) is 2.02. The highest BCUT2D eigenvalue weighted by atomic mass is 16.4. The van der Waals surface area contributed by atoms with Crippen molar-refractivity contribution in [3.63, 3.8) is 0 Å². The van der Waals surface area contributed by atoms with Crippen LogP contribution in [0.15, 0.2) is 24.3 Å². The van der Waals surface area contributed by atoms with Gasteiger partial charge in [0.05, 0.1) is 5.41 Å². The third-order valence-electron chi connectivity index (χ3n) is 4.84. The summed E-state index contributed by atoms with van der Waals surface area (Å²) in [4.78, 5) is 11.7. The van der Waals surface area contributed by atoms with Crippen molar-refractivity contribution < 1.29 is 9.90 Å². The second-order valence-corrected chi connectivity index (χ2v) is 5.91. The molecule has 1 spiro atoms. The molecule has 2 heteroatoms. The molecule has 0 bridgehead atoms. The van der Waals surface area contributed by atoms with Crippen molar-refractivity contribution in [2.75, 3.05) is 0 Å². The molecule has 1 N–H and O–H groups in total. The summed E-state index contributed by atoms with van der Waals surface area (Å²) in [5.41, 5.74) is 1.93. The van der Waals surface area contributed by atoms with E-state index in [-0.39, 0.29) is 0 Å². The highest BCUT2D eigenvalue weighted by molar-refractivity contribution is 5.83. The zero-order chi connectivity index (χ0) is 12.1. The third-order valence-corrected chi connectivity index (χ3v) is 4.84. The van der Waals surface area contributed by atoms with Crippen LogP contribution >= 0.6 is 0 Å². The second kappa shape index (κ2) is 3.34. The van der Waals surface area contributed by atoms with Gasteiger partial charge in [0, 0.05) is 0 Å². The maximum atomic E-state index is 11.7. The van der Waals surface area contributed by atoms with Gasteiger partial charge in [-0.2, -0.15) is 0 Å². The fraction of sp³-hybridized carbons (Fsp3) is 0.533. The molecule has 2 aliphatic carbocycles. The molecule has 17 heavy (non-hydrogen) atoms. The van der Waals surface area contributed by atoms with E-state index in [4.69, 9.17) is 0 Å². The quantitative estimate of drug-likeness (QED) is 0.846. The number of carboxylic acid groups (broad SMARTS) is 1. The molecule has 1 aromatic rings. The fourth-order valence-corrected chi connectivity index (χ4v) is 3.83. The Morgan fingerprint density at radius 1 is 1.24 bits per heavy atom. The number of hydrogen-bond acceptors (Lipinski definition) is 1. The predicted molar refractivity (Wildman–Crippen MR) is 66.0 cm³/mol. The molecule has 2 saturated carbocycles. The van der Waals surface area contributed by atoms with Crippen LogP contribution in [0, 0.1) is 12.3 Å². The van der Waals surface area contributed by atoms with E-state index in [2.05, 4.69) is 0 Å². The monoisotopic (exact) mass is 230 g/mol. The molecule has 1 aromatic carbocycles. The van der Waals surface area contributed by atoms with Crippen LogP contribution in [0.2, 0.25) is 0 Å². The van der Waals surface area contributed by atoms with Crippen molar-refractivity contribution in [3.8, 4) is 0 Å². The Morgan fingerprint density at radius 2 is 1.88 bits per heavy atom. The summed E-state index contributed by atoms with van der Waals surface area (Å²) in [7, 11) is 0. The molecule has 0 radical (unpaired) electrons. The Kier molecular flexibility index (Phi) is 2.13. The van der Waals surface area contributed by atoms with Crippen LogP contribution in [0.1, 0.15) is 43.2 Å². The van der Waals surface area contributed by atoms with Crippen molar-refractivity contribution in [2.45, 2.75) is 44.4 Å². The van der Waals surface area contributed by atoms with Gasteiger partial charge in [0.25, 0.3) is 0 Å². The normalized spacial score (nSPS) is 23.8. The van der Waals surface area contributed by atoms with Crippen molar-refractivity contribution in [2.24, 2.45) is 5.41 Å². The summed E-state index contributed by atoms with van der Waals surface area (Å²) >= 11 is 0. The summed E-state index contributed by atoms with van der Waals surface area (Å²) in [6, 6.07) is 7.95.